The fourth-order valence-corrected chi connectivity index (χ4v) is 3.14. The van der Waals surface area contributed by atoms with Gasteiger partial charge in [-0.2, -0.15) is 5.26 Å². The van der Waals surface area contributed by atoms with Crippen LogP contribution in [-0.4, -0.2) is 36.2 Å². The molecule has 3 rings (SSSR count). The van der Waals surface area contributed by atoms with E-state index in [-0.39, 0.29) is 12.1 Å². The van der Waals surface area contributed by atoms with Gasteiger partial charge in [-0.15, -0.1) is 0 Å². The minimum Gasteiger partial charge on any atom is -0.317 e. The summed E-state index contributed by atoms with van der Waals surface area (Å²) in [4.78, 5) is 15.5. The number of halogens is 2. The zero-order chi connectivity index (χ0) is 14.4. The van der Waals surface area contributed by atoms with Crippen molar-refractivity contribution in [3.05, 3.63) is 28.3 Å². The predicted octanol–water partition coefficient (Wildman–Crippen LogP) is 2.87. The minimum atomic E-state index is -0.960. The second kappa shape index (κ2) is 4.64. The van der Waals surface area contributed by atoms with Gasteiger partial charge in [0.1, 0.15) is 12.2 Å². The van der Waals surface area contributed by atoms with E-state index in [9.17, 15) is 9.18 Å². The van der Waals surface area contributed by atoms with Gasteiger partial charge in [0.2, 0.25) is 0 Å². The van der Waals surface area contributed by atoms with E-state index in [1.165, 1.54) is 0 Å². The Bertz CT molecular complexity index is 628. The summed E-state index contributed by atoms with van der Waals surface area (Å²) in [6, 6.07) is 4.75. The molecule has 0 spiro atoms. The van der Waals surface area contributed by atoms with Crippen LogP contribution in [0.4, 0.5) is 14.9 Å². The highest BCUT2D eigenvalue weighted by atomic mass is 35.5. The first-order chi connectivity index (χ1) is 9.54. The van der Waals surface area contributed by atoms with Crippen molar-refractivity contribution in [3.8, 4) is 6.07 Å². The summed E-state index contributed by atoms with van der Waals surface area (Å²) in [6.45, 7) is 2.56. The summed E-state index contributed by atoms with van der Waals surface area (Å²) in [5, 5.41) is 9.29. The van der Waals surface area contributed by atoms with Gasteiger partial charge in [-0.3, -0.25) is 4.90 Å². The van der Waals surface area contributed by atoms with E-state index in [0.717, 1.165) is 0 Å². The van der Waals surface area contributed by atoms with Gasteiger partial charge in [-0.25, -0.2) is 9.18 Å². The standard InChI is InChI=1S/C14H13ClFN3O/c1-8-11(3-2-9(6-17)13(8)15)19-7-12-10(16)4-5-18(12)14(19)20/h2-3,10,12H,4-5,7H2,1H3/t10-,12-/m1/s1. The molecule has 0 radical (unpaired) electrons. The number of amides is 2. The third kappa shape index (κ3) is 1.75. The number of anilines is 1. The van der Waals surface area contributed by atoms with Crippen LogP contribution in [-0.2, 0) is 0 Å². The molecule has 2 saturated heterocycles. The Balaban J connectivity index is 1.98. The first kappa shape index (κ1) is 13.2. The van der Waals surface area contributed by atoms with Crippen LogP contribution in [0.3, 0.4) is 0 Å². The number of fused-ring (bicyclic) bond motifs is 1. The summed E-state index contributed by atoms with van der Waals surface area (Å²) in [5.41, 5.74) is 1.71. The number of alkyl halides is 1. The molecule has 6 heteroatoms. The van der Waals surface area contributed by atoms with Gasteiger partial charge in [0.05, 0.1) is 23.2 Å². The average molecular weight is 294 g/mol. The van der Waals surface area contributed by atoms with Crippen LogP contribution >= 0.6 is 11.6 Å². The highest BCUT2D eigenvalue weighted by Gasteiger charge is 2.46. The topological polar surface area (TPSA) is 47.3 Å². The molecule has 2 heterocycles. The van der Waals surface area contributed by atoms with E-state index in [2.05, 4.69) is 0 Å². The van der Waals surface area contributed by atoms with Crippen molar-refractivity contribution in [1.29, 1.82) is 5.26 Å². The molecule has 20 heavy (non-hydrogen) atoms. The van der Waals surface area contributed by atoms with Gasteiger partial charge in [0.15, 0.2) is 0 Å². The molecule has 0 bridgehead atoms. The molecule has 0 saturated carbocycles. The van der Waals surface area contributed by atoms with Gasteiger partial charge in [-0.05, 0) is 31.0 Å². The molecule has 2 atom stereocenters. The van der Waals surface area contributed by atoms with E-state index < -0.39 is 6.17 Å². The lowest BCUT2D eigenvalue weighted by Gasteiger charge is -2.20. The van der Waals surface area contributed by atoms with Crippen molar-refractivity contribution < 1.29 is 9.18 Å². The van der Waals surface area contributed by atoms with E-state index in [1.807, 2.05) is 6.07 Å². The highest BCUT2D eigenvalue weighted by molar-refractivity contribution is 6.33. The summed E-state index contributed by atoms with van der Waals surface area (Å²) >= 11 is 6.13. The average Bonchev–Trinajstić information content (AvgIpc) is 2.95. The van der Waals surface area contributed by atoms with Crippen molar-refractivity contribution in [2.45, 2.75) is 25.6 Å². The maximum atomic E-state index is 13.8. The fraction of sp³-hybridized carbons (Fsp3) is 0.429. The first-order valence-corrected chi connectivity index (χ1v) is 6.83. The molecule has 1 aromatic carbocycles. The number of hydrogen-bond donors (Lipinski definition) is 0. The summed E-state index contributed by atoms with van der Waals surface area (Å²) in [6.07, 6.45) is -0.546. The Morgan fingerprint density at radius 1 is 1.50 bits per heavy atom. The van der Waals surface area contributed by atoms with Crippen LogP contribution in [0, 0.1) is 18.3 Å². The quantitative estimate of drug-likeness (QED) is 0.799. The molecular formula is C14H13ClFN3O. The van der Waals surface area contributed by atoms with E-state index in [1.54, 1.807) is 28.9 Å². The Morgan fingerprint density at radius 3 is 2.90 bits per heavy atom. The molecule has 0 unspecified atom stereocenters. The number of hydrogen-bond acceptors (Lipinski definition) is 2. The van der Waals surface area contributed by atoms with Crippen LogP contribution in [0.5, 0.6) is 0 Å². The zero-order valence-electron chi connectivity index (χ0n) is 10.9. The number of benzene rings is 1. The molecule has 0 aliphatic carbocycles. The zero-order valence-corrected chi connectivity index (χ0v) is 11.7. The van der Waals surface area contributed by atoms with Gasteiger partial charge in [-0.1, -0.05) is 11.6 Å². The lowest BCUT2D eigenvalue weighted by atomic mass is 10.1. The highest BCUT2D eigenvalue weighted by Crippen LogP contribution is 2.36. The van der Waals surface area contributed by atoms with Crippen molar-refractivity contribution in [3.63, 3.8) is 0 Å². The molecule has 2 aliphatic heterocycles. The number of carbonyl (C=O) groups is 1. The third-order valence-electron chi connectivity index (χ3n) is 4.08. The molecule has 2 amide bonds. The second-order valence-electron chi connectivity index (χ2n) is 5.14. The smallest absolute Gasteiger partial charge is 0.317 e. The molecule has 2 aliphatic rings. The van der Waals surface area contributed by atoms with Crippen molar-refractivity contribution in [1.82, 2.24) is 4.90 Å². The molecule has 4 nitrogen and oxygen atoms in total. The molecule has 0 N–H and O–H groups in total. The Kier molecular flexibility index (Phi) is 3.06. The van der Waals surface area contributed by atoms with E-state index >= 15 is 0 Å². The first-order valence-electron chi connectivity index (χ1n) is 6.46. The van der Waals surface area contributed by atoms with Crippen LogP contribution in [0.2, 0.25) is 5.02 Å². The molecule has 0 aromatic heterocycles. The molecule has 104 valence electrons. The normalized spacial score (nSPS) is 25.0. The van der Waals surface area contributed by atoms with Crippen molar-refractivity contribution in [2.24, 2.45) is 0 Å². The molecule has 2 fully saturated rings. The Hall–Kier alpha value is -1.80. The lowest BCUT2D eigenvalue weighted by molar-refractivity contribution is 0.209. The van der Waals surface area contributed by atoms with Crippen LogP contribution in [0.15, 0.2) is 12.1 Å². The Morgan fingerprint density at radius 2 is 2.25 bits per heavy atom. The monoisotopic (exact) mass is 293 g/mol. The number of rotatable bonds is 1. The van der Waals surface area contributed by atoms with Gasteiger partial charge in [0.25, 0.3) is 0 Å². The van der Waals surface area contributed by atoms with E-state index in [4.69, 9.17) is 16.9 Å². The van der Waals surface area contributed by atoms with Crippen LogP contribution in [0.25, 0.3) is 0 Å². The van der Waals surface area contributed by atoms with Crippen LogP contribution in [0.1, 0.15) is 17.5 Å². The third-order valence-corrected chi connectivity index (χ3v) is 4.57. The van der Waals surface area contributed by atoms with Gasteiger partial charge in [0, 0.05) is 12.2 Å². The molecule has 1 aromatic rings. The number of carbonyl (C=O) groups excluding carboxylic acids is 1. The molecular weight excluding hydrogens is 281 g/mol. The largest absolute Gasteiger partial charge is 0.324 e. The van der Waals surface area contributed by atoms with Crippen molar-refractivity contribution in [2.75, 3.05) is 18.0 Å². The Labute approximate surface area is 121 Å². The summed E-state index contributed by atoms with van der Waals surface area (Å²) in [5.74, 6) is 0. The number of urea groups is 1. The minimum absolute atomic E-state index is 0.181. The lowest BCUT2D eigenvalue weighted by Crippen LogP contribution is -2.32. The van der Waals surface area contributed by atoms with Gasteiger partial charge < -0.3 is 4.90 Å². The summed E-state index contributed by atoms with van der Waals surface area (Å²) < 4.78 is 13.8. The second-order valence-corrected chi connectivity index (χ2v) is 5.52. The van der Waals surface area contributed by atoms with E-state index in [0.29, 0.717) is 41.3 Å². The number of nitriles is 1. The van der Waals surface area contributed by atoms with Gasteiger partial charge >= 0.3 is 6.03 Å². The SMILES string of the molecule is Cc1c(N2C[C@@H]3[C@H](F)CCN3C2=O)ccc(C#N)c1Cl. The fourth-order valence-electron chi connectivity index (χ4n) is 2.94. The van der Waals surface area contributed by atoms with Crippen molar-refractivity contribution >= 4 is 23.3 Å². The van der Waals surface area contributed by atoms with Crippen LogP contribution < -0.4 is 4.90 Å². The number of nitrogens with zero attached hydrogens (tertiary/aromatic N) is 3. The maximum absolute atomic E-state index is 13.8. The summed E-state index contributed by atoms with van der Waals surface area (Å²) in [7, 11) is 0. The predicted molar refractivity (Wildman–Crippen MR) is 73.7 cm³/mol. The maximum Gasteiger partial charge on any atom is 0.324 e.